The summed E-state index contributed by atoms with van der Waals surface area (Å²) in [7, 11) is 0. The lowest BCUT2D eigenvalue weighted by Crippen LogP contribution is -2.07. The summed E-state index contributed by atoms with van der Waals surface area (Å²) in [6, 6.07) is 8.89. The SMILES string of the molecule is CC=CC=CC(=O)Nc1ccc(OCc2cccnc2)c(Cl)c1. The van der Waals surface area contributed by atoms with Gasteiger partial charge in [-0.25, -0.2) is 0 Å². The van der Waals surface area contributed by atoms with E-state index in [1.54, 1.807) is 42.7 Å². The van der Waals surface area contributed by atoms with Crippen molar-refractivity contribution < 1.29 is 9.53 Å². The maximum Gasteiger partial charge on any atom is 0.248 e. The van der Waals surface area contributed by atoms with E-state index >= 15 is 0 Å². The lowest BCUT2D eigenvalue weighted by molar-refractivity contribution is -0.111. The molecule has 0 fully saturated rings. The number of rotatable bonds is 6. The molecule has 0 saturated heterocycles. The highest BCUT2D eigenvalue weighted by Gasteiger charge is 2.05. The maximum absolute atomic E-state index is 11.7. The van der Waals surface area contributed by atoms with Crippen LogP contribution >= 0.6 is 11.6 Å². The molecule has 0 saturated carbocycles. The fraction of sp³-hybridized carbons (Fsp3) is 0.111. The molecule has 1 N–H and O–H groups in total. The number of benzene rings is 1. The van der Waals surface area contributed by atoms with Gasteiger partial charge in [-0.3, -0.25) is 9.78 Å². The van der Waals surface area contributed by atoms with Crippen molar-refractivity contribution in [1.29, 1.82) is 0 Å². The normalized spacial score (nSPS) is 11.0. The molecule has 0 bridgehead atoms. The van der Waals surface area contributed by atoms with E-state index in [-0.39, 0.29) is 5.91 Å². The molecule has 23 heavy (non-hydrogen) atoms. The van der Waals surface area contributed by atoms with E-state index in [1.807, 2.05) is 25.1 Å². The highest BCUT2D eigenvalue weighted by molar-refractivity contribution is 6.32. The van der Waals surface area contributed by atoms with Crippen molar-refractivity contribution in [2.75, 3.05) is 5.32 Å². The molecule has 0 aliphatic heterocycles. The Morgan fingerprint density at radius 2 is 2.22 bits per heavy atom. The number of nitrogens with one attached hydrogen (secondary N) is 1. The molecule has 2 aromatic rings. The summed E-state index contributed by atoms with van der Waals surface area (Å²) in [5, 5.41) is 3.17. The Morgan fingerprint density at radius 1 is 1.35 bits per heavy atom. The van der Waals surface area contributed by atoms with Crippen LogP contribution in [0.1, 0.15) is 12.5 Å². The van der Waals surface area contributed by atoms with Gasteiger partial charge in [0.2, 0.25) is 5.91 Å². The lowest BCUT2D eigenvalue weighted by atomic mass is 10.3. The highest BCUT2D eigenvalue weighted by Crippen LogP contribution is 2.28. The molecule has 4 nitrogen and oxygen atoms in total. The summed E-state index contributed by atoms with van der Waals surface area (Å²) in [6.45, 7) is 2.26. The third-order valence-electron chi connectivity index (χ3n) is 2.87. The minimum atomic E-state index is -0.219. The van der Waals surface area contributed by atoms with Gasteiger partial charge in [-0.1, -0.05) is 35.9 Å². The van der Waals surface area contributed by atoms with Gasteiger partial charge in [-0.05, 0) is 31.2 Å². The van der Waals surface area contributed by atoms with Crippen LogP contribution in [0.3, 0.4) is 0 Å². The summed E-state index contributed by atoms with van der Waals surface area (Å²) < 4.78 is 5.65. The molecule has 0 atom stereocenters. The van der Waals surface area contributed by atoms with Crippen molar-refractivity contribution >= 4 is 23.2 Å². The molecular weight excluding hydrogens is 312 g/mol. The van der Waals surface area contributed by atoms with Crippen molar-refractivity contribution in [1.82, 2.24) is 4.98 Å². The minimum Gasteiger partial charge on any atom is -0.487 e. The molecule has 1 aromatic carbocycles. The van der Waals surface area contributed by atoms with E-state index in [4.69, 9.17) is 16.3 Å². The maximum atomic E-state index is 11.7. The minimum absolute atomic E-state index is 0.219. The first-order valence-corrected chi connectivity index (χ1v) is 7.48. The molecule has 118 valence electrons. The lowest BCUT2D eigenvalue weighted by Gasteiger charge is -2.09. The van der Waals surface area contributed by atoms with Crippen LogP contribution in [0.4, 0.5) is 5.69 Å². The first-order chi connectivity index (χ1) is 11.2. The molecule has 1 heterocycles. The second kappa shape index (κ2) is 8.76. The van der Waals surface area contributed by atoms with Crippen LogP contribution < -0.4 is 10.1 Å². The van der Waals surface area contributed by atoms with Crippen LogP contribution in [-0.4, -0.2) is 10.9 Å². The number of carbonyl (C=O) groups excluding carboxylic acids is 1. The summed E-state index contributed by atoms with van der Waals surface area (Å²) >= 11 is 6.18. The number of aromatic nitrogens is 1. The number of hydrogen-bond donors (Lipinski definition) is 1. The fourth-order valence-corrected chi connectivity index (χ4v) is 2.01. The van der Waals surface area contributed by atoms with Gasteiger partial charge >= 0.3 is 0 Å². The monoisotopic (exact) mass is 328 g/mol. The molecule has 0 unspecified atom stereocenters. The predicted molar refractivity (Wildman–Crippen MR) is 92.6 cm³/mol. The number of allylic oxidation sites excluding steroid dienone is 3. The Bertz CT molecular complexity index is 712. The Kier molecular flexibility index (Phi) is 6.39. The first kappa shape index (κ1) is 16.8. The van der Waals surface area contributed by atoms with Gasteiger partial charge in [-0.2, -0.15) is 0 Å². The van der Waals surface area contributed by atoms with E-state index in [2.05, 4.69) is 10.3 Å². The number of pyridine rings is 1. The van der Waals surface area contributed by atoms with Gasteiger partial charge in [0.15, 0.2) is 0 Å². The molecule has 0 aliphatic carbocycles. The van der Waals surface area contributed by atoms with E-state index in [0.717, 1.165) is 5.56 Å². The van der Waals surface area contributed by atoms with Gasteiger partial charge in [0.25, 0.3) is 0 Å². The Morgan fingerprint density at radius 3 is 2.91 bits per heavy atom. The summed E-state index contributed by atoms with van der Waals surface area (Å²) in [5.74, 6) is 0.334. The van der Waals surface area contributed by atoms with Crippen molar-refractivity contribution in [2.24, 2.45) is 0 Å². The summed E-state index contributed by atoms with van der Waals surface area (Å²) in [4.78, 5) is 15.7. The topological polar surface area (TPSA) is 51.2 Å². The molecule has 0 aliphatic rings. The average molecular weight is 329 g/mol. The molecule has 1 aromatic heterocycles. The van der Waals surface area contributed by atoms with Gasteiger partial charge in [-0.15, -0.1) is 0 Å². The van der Waals surface area contributed by atoms with Crippen LogP contribution in [0.25, 0.3) is 0 Å². The van der Waals surface area contributed by atoms with Gasteiger partial charge in [0.1, 0.15) is 12.4 Å². The van der Waals surface area contributed by atoms with Gasteiger partial charge in [0.05, 0.1) is 5.02 Å². The summed E-state index contributed by atoms with van der Waals surface area (Å²) in [5.41, 5.74) is 1.56. The number of anilines is 1. The zero-order chi connectivity index (χ0) is 16.5. The second-order valence-corrected chi connectivity index (χ2v) is 5.08. The largest absolute Gasteiger partial charge is 0.487 e. The predicted octanol–water partition coefficient (Wildman–Crippen LogP) is 4.38. The molecule has 2 rings (SSSR count). The van der Waals surface area contributed by atoms with Crippen molar-refractivity contribution in [3.05, 3.63) is 77.6 Å². The van der Waals surface area contributed by atoms with E-state index in [9.17, 15) is 4.79 Å². The van der Waals surface area contributed by atoms with Crippen molar-refractivity contribution in [3.8, 4) is 5.75 Å². The Labute approximate surface area is 140 Å². The smallest absolute Gasteiger partial charge is 0.248 e. The molecular formula is C18H17ClN2O2. The van der Waals surface area contributed by atoms with Crippen molar-refractivity contribution in [3.63, 3.8) is 0 Å². The van der Waals surface area contributed by atoms with Crippen LogP contribution in [0.5, 0.6) is 5.75 Å². The van der Waals surface area contributed by atoms with Crippen molar-refractivity contribution in [2.45, 2.75) is 13.5 Å². The van der Waals surface area contributed by atoms with Crippen LogP contribution in [0.15, 0.2) is 67.0 Å². The number of halogens is 1. The highest BCUT2D eigenvalue weighted by atomic mass is 35.5. The molecule has 0 radical (unpaired) electrons. The second-order valence-electron chi connectivity index (χ2n) is 4.67. The number of carbonyl (C=O) groups is 1. The average Bonchev–Trinajstić information content (AvgIpc) is 2.55. The van der Waals surface area contributed by atoms with E-state index < -0.39 is 0 Å². The van der Waals surface area contributed by atoms with Crippen LogP contribution in [0.2, 0.25) is 5.02 Å². The van der Waals surface area contributed by atoms with Crippen LogP contribution in [-0.2, 0) is 11.4 Å². The molecule has 5 heteroatoms. The quantitative estimate of drug-likeness (QED) is 0.632. The molecule has 0 spiro atoms. The fourth-order valence-electron chi connectivity index (χ4n) is 1.78. The third-order valence-corrected chi connectivity index (χ3v) is 3.16. The van der Waals surface area contributed by atoms with Gasteiger partial charge < -0.3 is 10.1 Å². The number of ether oxygens (including phenoxy) is 1. The molecule has 1 amide bonds. The number of nitrogens with zero attached hydrogens (tertiary/aromatic N) is 1. The number of amides is 1. The first-order valence-electron chi connectivity index (χ1n) is 7.10. The zero-order valence-electron chi connectivity index (χ0n) is 12.7. The van der Waals surface area contributed by atoms with E-state index in [1.165, 1.54) is 6.08 Å². The number of hydrogen-bond acceptors (Lipinski definition) is 3. The standard InChI is InChI=1S/C18H17ClN2O2/c1-2-3-4-7-18(22)21-15-8-9-17(16(19)11-15)23-13-14-6-5-10-20-12-14/h2-12H,13H2,1H3,(H,21,22). The van der Waals surface area contributed by atoms with Crippen LogP contribution in [0, 0.1) is 0 Å². The Hall–Kier alpha value is -2.59. The van der Waals surface area contributed by atoms with Gasteiger partial charge in [0, 0.05) is 29.7 Å². The summed E-state index contributed by atoms with van der Waals surface area (Å²) in [6.07, 6.45) is 10.2. The zero-order valence-corrected chi connectivity index (χ0v) is 13.5. The Balaban J connectivity index is 1.96. The van der Waals surface area contributed by atoms with E-state index in [0.29, 0.717) is 23.1 Å². The third kappa shape index (κ3) is 5.60.